The van der Waals surface area contributed by atoms with Crippen LogP contribution in [0.5, 0.6) is 0 Å². The van der Waals surface area contributed by atoms with Crippen LogP contribution in [0.25, 0.3) is 16.0 Å². The molecule has 1 radical (unpaired) electrons. The molecule has 2 aliphatic heterocycles. The maximum atomic E-state index is 2.52. The Kier molecular flexibility index (Phi) is 7.87. The second-order valence-corrected chi connectivity index (χ2v) is 13.3. The van der Waals surface area contributed by atoms with E-state index < -0.39 is 8.07 Å². The number of allylic oxidation sites excluding steroid dienone is 1. The molecule has 2 aromatic carbocycles. The minimum Gasteiger partial charge on any atom is -1.00 e. The topological polar surface area (TPSA) is 0 Å². The molecule has 0 spiro atoms. The average Bonchev–Trinajstić information content (AvgIpc) is 3.12. The summed E-state index contributed by atoms with van der Waals surface area (Å²) in [7, 11) is -0.995. The molecule has 135 valence electrons. The van der Waals surface area contributed by atoms with Gasteiger partial charge in [0, 0.05) is 15.3 Å². The van der Waals surface area contributed by atoms with Crippen molar-refractivity contribution in [1.29, 1.82) is 0 Å². The Balaban J connectivity index is 0.000000239. The van der Waals surface area contributed by atoms with Gasteiger partial charge in [-0.1, -0.05) is 31.7 Å². The zero-order valence-electron chi connectivity index (χ0n) is 15.8. The first kappa shape index (κ1) is 24.0. The van der Waals surface area contributed by atoms with Gasteiger partial charge in [-0.3, -0.25) is 0 Å². The van der Waals surface area contributed by atoms with Crippen molar-refractivity contribution in [2.45, 2.75) is 39.4 Å². The molecule has 1 aromatic heterocycles. The fourth-order valence-electron chi connectivity index (χ4n) is 4.60. The Morgan fingerprint density at radius 2 is 1.65 bits per heavy atom. The second kappa shape index (κ2) is 8.53. The summed E-state index contributed by atoms with van der Waals surface area (Å²) in [6, 6.07) is 15.3. The molecular weight excluding hydrogens is 475 g/mol. The number of hydrogen-bond donors (Lipinski definition) is 0. The molecule has 6 rings (SSSR count). The van der Waals surface area contributed by atoms with Crippen molar-refractivity contribution in [1.82, 2.24) is 0 Å². The van der Waals surface area contributed by atoms with Crippen LogP contribution >= 0.6 is 11.3 Å². The summed E-state index contributed by atoms with van der Waals surface area (Å²) in [6.07, 6.45) is 0. The molecule has 1 unspecified atom stereocenters. The Labute approximate surface area is 193 Å². The van der Waals surface area contributed by atoms with Crippen molar-refractivity contribution < 1.29 is 51.0 Å². The van der Waals surface area contributed by atoms with E-state index in [1.165, 1.54) is 21.2 Å². The summed E-state index contributed by atoms with van der Waals surface area (Å²) in [6.45, 7) is 11.7. The Hall–Kier alpha value is -0.0500. The quantitative estimate of drug-likeness (QED) is 0.315. The van der Waals surface area contributed by atoms with Crippen LogP contribution in [0.3, 0.4) is 0 Å². The van der Waals surface area contributed by atoms with Crippen molar-refractivity contribution in [2.24, 2.45) is 0 Å². The average molecular weight is 498 g/mol. The van der Waals surface area contributed by atoms with E-state index in [9.17, 15) is 0 Å². The van der Waals surface area contributed by atoms with E-state index in [1.54, 1.807) is 21.2 Å². The van der Waals surface area contributed by atoms with Crippen molar-refractivity contribution in [3.63, 3.8) is 0 Å². The molecule has 0 amide bonds. The zero-order valence-corrected chi connectivity index (χ0v) is 21.6. The first-order valence-corrected chi connectivity index (χ1v) is 12.2. The first-order chi connectivity index (χ1) is 10.9. The van der Waals surface area contributed by atoms with Gasteiger partial charge in [0.25, 0.3) is 0 Å². The van der Waals surface area contributed by atoms with Gasteiger partial charge in [-0.25, -0.2) is 0 Å². The summed E-state index contributed by atoms with van der Waals surface area (Å²) in [5, 5.41) is 4.48. The van der Waals surface area contributed by atoms with Gasteiger partial charge in [0.15, 0.2) is 0 Å². The minimum absolute atomic E-state index is 0. The van der Waals surface area contributed by atoms with Gasteiger partial charge in [-0.05, 0) is 30.7 Å². The molecule has 1 aliphatic carbocycles. The predicted octanol–water partition coefficient (Wildman–Crippen LogP) is 0.600. The fourth-order valence-corrected chi connectivity index (χ4v) is 10.9. The summed E-state index contributed by atoms with van der Waals surface area (Å²) >= 11 is 2.01. The summed E-state index contributed by atoms with van der Waals surface area (Å²) in [4.78, 5) is 3.14. The molecule has 0 saturated carbocycles. The molecule has 5 heteroatoms. The van der Waals surface area contributed by atoms with Crippen molar-refractivity contribution in [2.75, 3.05) is 0 Å². The van der Waals surface area contributed by atoms with E-state index >= 15 is 0 Å². The maximum absolute atomic E-state index is 2.52. The number of thiophene rings is 1. The molecule has 3 aliphatic rings. The van der Waals surface area contributed by atoms with Gasteiger partial charge in [-0.15, -0.1) is 51.9 Å². The van der Waals surface area contributed by atoms with E-state index in [-0.39, 0.29) is 51.0 Å². The molecule has 0 saturated heterocycles. The third kappa shape index (κ3) is 3.63. The van der Waals surface area contributed by atoms with Crippen molar-refractivity contribution in [3.05, 3.63) is 68.9 Å². The molecule has 26 heavy (non-hydrogen) atoms. The van der Waals surface area contributed by atoms with Crippen molar-refractivity contribution >= 4 is 35.4 Å². The van der Waals surface area contributed by atoms with Gasteiger partial charge >= 0.3 is 26.2 Å². The van der Waals surface area contributed by atoms with Crippen LogP contribution in [0.4, 0.5) is 0 Å². The van der Waals surface area contributed by atoms with E-state index in [0.717, 1.165) is 5.54 Å². The third-order valence-electron chi connectivity index (χ3n) is 5.38. The van der Waals surface area contributed by atoms with Crippen LogP contribution in [0.2, 0.25) is 13.1 Å². The monoisotopic (exact) mass is 495 g/mol. The predicted molar refractivity (Wildman–Crippen MR) is 106 cm³/mol. The first-order valence-electron chi connectivity index (χ1n) is 8.33. The number of halogens is 2. The van der Waals surface area contributed by atoms with Crippen LogP contribution in [0.15, 0.2) is 48.0 Å². The molecule has 0 nitrogen and oxygen atoms in total. The summed E-state index contributed by atoms with van der Waals surface area (Å²) in [5.41, 5.74) is 5.59. The number of aryl methyl sites for hydroxylation is 2. The van der Waals surface area contributed by atoms with Crippen LogP contribution in [-0.2, 0) is 26.2 Å². The number of fused-ring (bicyclic) bond motifs is 1. The van der Waals surface area contributed by atoms with Gasteiger partial charge < -0.3 is 24.8 Å². The van der Waals surface area contributed by atoms with Crippen LogP contribution in [0, 0.1) is 13.8 Å². The molecular formula is C21H23Cl2SSiZr. The Morgan fingerprint density at radius 3 is 2.23 bits per heavy atom. The molecule has 3 aromatic rings. The van der Waals surface area contributed by atoms with E-state index in [4.69, 9.17) is 0 Å². The third-order valence-corrected chi connectivity index (χ3v) is 10.8. The second-order valence-electron chi connectivity index (χ2n) is 7.52. The Bertz CT molecular complexity index is 919. The van der Waals surface area contributed by atoms with Crippen LogP contribution in [-0.4, -0.2) is 8.07 Å². The van der Waals surface area contributed by atoms with Crippen LogP contribution in [0.1, 0.15) is 33.3 Å². The maximum Gasteiger partial charge on any atom is 3.00 e. The van der Waals surface area contributed by atoms with Gasteiger partial charge in [0.2, 0.25) is 0 Å². The fraction of sp³-hybridized carbons (Fsp3) is 0.286. The number of hydrogen-bond acceptors (Lipinski definition) is 1. The Morgan fingerprint density at radius 1 is 1.00 bits per heavy atom. The van der Waals surface area contributed by atoms with Gasteiger partial charge in [0.1, 0.15) is 0 Å². The molecule has 0 fully saturated rings. The largest absolute Gasteiger partial charge is 3.00 e. The molecule has 1 atom stereocenters. The number of rotatable bonds is 0. The molecule has 2 bridgehead atoms. The summed E-state index contributed by atoms with van der Waals surface area (Å²) in [5.74, 6) is 0. The van der Waals surface area contributed by atoms with Gasteiger partial charge in [0.05, 0.1) is 8.07 Å². The minimum atomic E-state index is -0.995. The molecule has 0 N–H and O–H groups in total. The van der Waals surface area contributed by atoms with E-state index in [0.29, 0.717) is 0 Å². The number of benzene rings is 1. The smallest absolute Gasteiger partial charge is 1.00 e. The normalized spacial score (nSPS) is 17.8. The summed E-state index contributed by atoms with van der Waals surface area (Å²) < 4.78 is 0. The van der Waals surface area contributed by atoms with Crippen LogP contribution < -0.4 is 24.8 Å². The SMILES string of the molecule is CC1=C2c3sc(C)cc3C1[Si]2(C)C.Cc1cc2ccccc2[cH-]1.[Cl-].[Cl-].[Zr+3]. The molecule has 3 heterocycles. The standard InChI is InChI=1S/C11H14SSi.C10H9.2ClH.Zr/c1-6-5-8-9(12-6)11-7(2)10(8)13(11,3)4;1-8-6-9-4-2-3-5-10(9)7-8;;;/h5,10H,1-4H3;2-7H,1H3;2*1H;/q;-1;;;+3/p-2. The van der Waals surface area contributed by atoms with E-state index in [2.05, 4.69) is 76.3 Å². The van der Waals surface area contributed by atoms with Gasteiger partial charge in [-0.2, -0.15) is 6.07 Å². The van der Waals surface area contributed by atoms with Crippen molar-refractivity contribution in [3.8, 4) is 0 Å². The zero-order chi connectivity index (χ0) is 16.4. The van der Waals surface area contributed by atoms with E-state index in [1.807, 2.05) is 11.3 Å².